The topological polar surface area (TPSA) is 0 Å². The Morgan fingerprint density at radius 3 is 2.00 bits per heavy atom. The molecule has 0 unspecified atom stereocenters. The minimum absolute atomic E-state index is 0.298. The lowest BCUT2D eigenvalue weighted by Crippen LogP contribution is -1.97. The maximum absolute atomic E-state index is 3.19. The van der Waals surface area contributed by atoms with E-state index in [-0.39, 0.29) is 0 Å². The van der Waals surface area contributed by atoms with Gasteiger partial charge in [0.05, 0.1) is 0 Å². The van der Waals surface area contributed by atoms with Crippen molar-refractivity contribution >= 4 is 15.9 Å². The van der Waals surface area contributed by atoms with Crippen LogP contribution >= 0.6 is 15.9 Å². The molecule has 0 aromatic rings. The van der Waals surface area contributed by atoms with Crippen LogP contribution in [0.2, 0.25) is 0 Å². The van der Waals surface area contributed by atoms with Crippen molar-refractivity contribution in [1.29, 1.82) is 0 Å². The van der Waals surface area contributed by atoms with Crippen LogP contribution in [0.4, 0.5) is 0 Å². The number of rotatable bonds is 1. The predicted molar refractivity (Wildman–Crippen MR) is 46.7 cm³/mol. The van der Waals surface area contributed by atoms with Crippen LogP contribution in [0.15, 0.2) is 23.2 Å². The molecule has 9 heavy (non-hydrogen) atoms. The summed E-state index contributed by atoms with van der Waals surface area (Å²) in [7, 11) is 0. The summed E-state index contributed by atoms with van der Waals surface area (Å²) in [6, 6.07) is 0. The van der Waals surface area contributed by atoms with Gasteiger partial charge in [-0.05, 0) is 10.4 Å². The van der Waals surface area contributed by atoms with Gasteiger partial charge >= 0.3 is 0 Å². The molecule has 1 heteroatoms. The van der Waals surface area contributed by atoms with E-state index in [1.807, 2.05) is 17.1 Å². The Morgan fingerprint density at radius 2 is 1.67 bits per heavy atom. The standard InChI is InChI=1S/C8H13Br/c1-8(2,3)6-4-5-7-9/h4-7H,1-3H3/b6-4-,7-5+. The summed E-state index contributed by atoms with van der Waals surface area (Å²) in [6.45, 7) is 6.52. The van der Waals surface area contributed by atoms with E-state index in [1.54, 1.807) is 0 Å². The van der Waals surface area contributed by atoms with Crippen molar-refractivity contribution in [2.24, 2.45) is 5.41 Å². The Morgan fingerprint density at radius 1 is 1.11 bits per heavy atom. The van der Waals surface area contributed by atoms with Gasteiger partial charge in [0.2, 0.25) is 0 Å². The second-order valence-corrected chi connectivity index (χ2v) is 3.57. The molecule has 0 aliphatic heterocycles. The van der Waals surface area contributed by atoms with Crippen LogP contribution in [0.3, 0.4) is 0 Å². The maximum Gasteiger partial charge on any atom is -0.0189 e. The molecule has 0 saturated carbocycles. The zero-order chi connectivity index (χ0) is 7.33. The van der Waals surface area contributed by atoms with Gasteiger partial charge in [-0.25, -0.2) is 0 Å². The lowest BCUT2D eigenvalue weighted by Gasteiger charge is -2.09. The molecule has 0 aliphatic carbocycles. The first-order chi connectivity index (χ1) is 4.06. The predicted octanol–water partition coefficient (Wildman–Crippen LogP) is 3.50. The molecular formula is C8H13Br. The van der Waals surface area contributed by atoms with E-state index in [2.05, 4.69) is 42.8 Å². The van der Waals surface area contributed by atoms with E-state index in [1.165, 1.54) is 0 Å². The lowest BCUT2D eigenvalue weighted by molar-refractivity contribution is 0.544. The second kappa shape index (κ2) is 3.89. The molecule has 0 nitrogen and oxygen atoms in total. The fourth-order valence-electron chi connectivity index (χ4n) is 0.386. The summed E-state index contributed by atoms with van der Waals surface area (Å²) in [6.07, 6.45) is 6.16. The van der Waals surface area contributed by atoms with E-state index in [0.29, 0.717) is 5.41 Å². The van der Waals surface area contributed by atoms with Gasteiger partial charge in [0, 0.05) is 0 Å². The summed E-state index contributed by atoms with van der Waals surface area (Å²) in [5, 5.41) is 0. The first kappa shape index (κ1) is 8.96. The van der Waals surface area contributed by atoms with Crippen molar-refractivity contribution < 1.29 is 0 Å². The Kier molecular flexibility index (Phi) is 3.87. The molecular weight excluding hydrogens is 176 g/mol. The van der Waals surface area contributed by atoms with E-state index in [0.717, 1.165) is 0 Å². The Hall–Kier alpha value is -0.0400. The van der Waals surface area contributed by atoms with Crippen LogP contribution in [-0.2, 0) is 0 Å². The molecule has 0 spiro atoms. The fraction of sp³-hybridized carbons (Fsp3) is 0.500. The fourth-order valence-corrected chi connectivity index (χ4v) is 0.562. The van der Waals surface area contributed by atoms with Crippen LogP contribution in [0.1, 0.15) is 20.8 Å². The highest BCUT2D eigenvalue weighted by Gasteiger charge is 2.01. The third kappa shape index (κ3) is 7.96. The van der Waals surface area contributed by atoms with Crippen LogP contribution in [0, 0.1) is 5.41 Å². The van der Waals surface area contributed by atoms with Gasteiger partial charge in [-0.3, -0.25) is 0 Å². The van der Waals surface area contributed by atoms with E-state index in [9.17, 15) is 0 Å². The molecule has 0 heterocycles. The minimum atomic E-state index is 0.298. The van der Waals surface area contributed by atoms with Crippen molar-refractivity contribution in [3.63, 3.8) is 0 Å². The molecule has 52 valence electrons. The molecule has 0 N–H and O–H groups in total. The van der Waals surface area contributed by atoms with Crippen LogP contribution in [0.5, 0.6) is 0 Å². The molecule has 0 saturated heterocycles. The van der Waals surface area contributed by atoms with Crippen molar-refractivity contribution in [2.75, 3.05) is 0 Å². The van der Waals surface area contributed by atoms with Gasteiger partial charge in [-0.1, -0.05) is 54.9 Å². The summed E-state index contributed by atoms with van der Waals surface area (Å²) < 4.78 is 0. The normalized spacial score (nSPS) is 13.8. The molecule has 0 aliphatic rings. The van der Waals surface area contributed by atoms with Gasteiger partial charge < -0.3 is 0 Å². The van der Waals surface area contributed by atoms with Gasteiger partial charge in [-0.2, -0.15) is 0 Å². The highest BCUT2D eigenvalue weighted by Crippen LogP contribution is 2.14. The highest BCUT2D eigenvalue weighted by atomic mass is 79.9. The Balaban J connectivity index is 3.71. The number of hydrogen-bond acceptors (Lipinski definition) is 0. The molecule has 0 fully saturated rings. The molecule has 0 radical (unpaired) electrons. The van der Waals surface area contributed by atoms with Crippen molar-refractivity contribution in [1.82, 2.24) is 0 Å². The monoisotopic (exact) mass is 188 g/mol. The van der Waals surface area contributed by atoms with Gasteiger partial charge in [0.1, 0.15) is 0 Å². The van der Waals surface area contributed by atoms with E-state index >= 15 is 0 Å². The van der Waals surface area contributed by atoms with E-state index in [4.69, 9.17) is 0 Å². The first-order valence-corrected chi connectivity index (χ1v) is 3.92. The number of allylic oxidation sites excluding steroid dienone is 3. The lowest BCUT2D eigenvalue weighted by atomic mass is 9.96. The minimum Gasteiger partial charge on any atom is -0.0791 e. The first-order valence-electron chi connectivity index (χ1n) is 3.01. The largest absolute Gasteiger partial charge is 0.0791 e. The third-order valence-corrected chi connectivity index (χ3v) is 1.09. The van der Waals surface area contributed by atoms with Crippen LogP contribution in [-0.4, -0.2) is 0 Å². The molecule has 0 atom stereocenters. The Bertz CT molecular complexity index is 115. The summed E-state index contributed by atoms with van der Waals surface area (Å²) in [5.41, 5.74) is 0.298. The smallest absolute Gasteiger partial charge is 0.0189 e. The van der Waals surface area contributed by atoms with Crippen molar-refractivity contribution in [2.45, 2.75) is 20.8 Å². The maximum atomic E-state index is 3.19. The number of halogens is 1. The average molecular weight is 189 g/mol. The Labute approximate surface area is 65.8 Å². The average Bonchev–Trinajstić information content (AvgIpc) is 1.63. The number of hydrogen-bond donors (Lipinski definition) is 0. The summed E-state index contributed by atoms with van der Waals surface area (Å²) in [5.74, 6) is 0. The zero-order valence-corrected chi connectivity index (χ0v) is 7.77. The summed E-state index contributed by atoms with van der Waals surface area (Å²) in [4.78, 5) is 1.84. The summed E-state index contributed by atoms with van der Waals surface area (Å²) >= 11 is 3.19. The van der Waals surface area contributed by atoms with Gasteiger partial charge in [0.15, 0.2) is 0 Å². The molecule has 0 rings (SSSR count). The van der Waals surface area contributed by atoms with Crippen LogP contribution in [0.25, 0.3) is 0 Å². The van der Waals surface area contributed by atoms with E-state index < -0.39 is 0 Å². The molecule has 0 aromatic heterocycles. The van der Waals surface area contributed by atoms with Crippen LogP contribution < -0.4 is 0 Å². The SMILES string of the molecule is CC(C)(C)/C=C\C=C\Br. The van der Waals surface area contributed by atoms with Crippen molar-refractivity contribution in [3.05, 3.63) is 23.2 Å². The van der Waals surface area contributed by atoms with Gasteiger partial charge in [0.25, 0.3) is 0 Å². The second-order valence-electron chi connectivity index (χ2n) is 3.04. The zero-order valence-electron chi connectivity index (χ0n) is 6.19. The third-order valence-electron chi connectivity index (χ3n) is 0.780. The highest BCUT2D eigenvalue weighted by molar-refractivity contribution is 9.11. The quantitative estimate of drug-likeness (QED) is 0.554. The molecule has 0 bridgehead atoms. The van der Waals surface area contributed by atoms with Gasteiger partial charge in [-0.15, -0.1) is 0 Å². The van der Waals surface area contributed by atoms with Crippen molar-refractivity contribution in [3.8, 4) is 0 Å². The molecule has 0 amide bonds. The molecule has 0 aromatic carbocycles.